The predicted molar refractivity (Wildman–Crippen MR) is 78.9 cm³/mol. The summed E-state index contributed by atoms with van der Waals surface area (Å²) in [6, 6.07) is 6.78. The van der Waals surface area contributed by atoms with Gasteiger partial charge in [0.05, 0.1) is 4.90 Å². The topological polar surface area (TPSA) is 75.3 Å². The van der Waals surface area contributed by atoms with Gasteiger partial charge in [-0.05, 0) is 24.1 Å². The maximum Gasteiger partial charge on any atom is 0.240 e. The summed E-state index contributed by atoms with van der Waals surface area (Å²) in [5.41, 5.74) is 1.09. The van der Waals surface area contributed by atoms with E-state index in [1.807, 2.05) is 6.92 Å². The molecule has 0 aliphatic rings. The highest BCUT2D eigenvalue weighted by Gasteiger charge is 2.13. The SMILES string of the molecule is CCc1ccc(S(=O)(=O)NCCNC(=O)C(C)C)cc1. The Balaban J connectivity index is 2.51. The number of rotatable bonds is 7. The van der Waals surface area contributed by atoms with Crippen molar-refractivity contribution in [1.82, 2.24) is 10.0 Å². The monoisotopic (exact) mass is 298 g/mol. The standard InChI is InChI=1S/C14H22N2O3S/c1-4-12-5-7-13(8-6-12)20(18,19)16-10-9-15-14(17)11(2)3/h5-8,11,16H,4,9-10H2,1-3H3,(H,15,17). The summed E-state index contributed by atoms with van der Waals surface area (Å²) in [4.78, 5) is 11.6. The quantitative estimate of drug-likeness (QED) is 0.745. The molecule has 20 heavy (non-hydrogen) atoms. The number of amides is 1. The zero-order valence-corrected chi connectivity index (χ0v) is 13.0. The first-order chi connectivity index (χ1) is 9.36. The Labute approximate surface area is 120 Å². The fraction of sp³-hybridized carbons (Fsp3) is 0.500. The molecule has 0 saturated heterocycles. The number of hydrogen-bond donors (Lipinski definition) is 2. The van der Waals surface area contributed by atoms with E-state index in [1.165, 1.54) is 0 Å². The second-order valence-electron chi connectivity index (χ2n) is 4.84. The largest absolute Gasteiger partial charge is 0.355 e. The molecule has 0 saturated carbocycles. The maximum atomic E-state index is 12.0. The first kappa shape index (κ1) is 16.7. The van der Waals surface area contributed by atoms with Crippen molar-refractivity contribution in [1.29, 1.82) is 0 Å². The molecule has 0 aliphatic heterocycles. The molecule has 0 aliphatic carbocycles. The molecule has 1 aromatic rings. The van der Waals surface area contributed by atoms with Crippen molar-refractivity contribution < 1.29 is 13.2 Å². The highest BCUT2D eigenvalue weighted by Crippen LogP contribution is 2.10. The first-order valence-corrected chi connectivity index (χ1v) is 8.21. The lowest BCUT2D eigenvalue weighted by molar-refractivity contribution is -0.123. The van der Waals surface area contributed by atoms with Crippen molar-refractivity contribution >= 4 is 15.9 Å². The van der Waals surface area contributed by atoms with E-state index in [0.717, 1.165) is 12.0 Å². The van der Waals surface area contributed by atoms with Gasteiger partial charge in [-0.2, -0.15) is 0 Å². The van der Waals surface area contributed by atoms with Gasteiger partial charge >= 0.3 is 0 Å². The normalized spacial score (nSPS) is 11.6. The summed E-state index contributed by atoms with van der Waals surface area (Å²) in [7, 11) is -3.50. The summed E-state index contributed by atoms with van der Waals surface area (Å²) < 4.78 is 26.4. The highest BCUT2D eigenvalue weighted by atomic mass is 32.2. The van der Waals surface area contributed by atoms with Crippen molar-refractivity contribution in [2.75, 3.05) is 13.1 Å². The number of hydrogen-bond acceptors (Lipinski definition) is 3. The third-order valence-electron chi connectivity index (χ3n) is 2.88. The molecule has 1 rings (SSSR count). The third kappa shape index (κ3) is 4.94. The van der Waals surface area contributed by atoms with Gasteiger partial charge in [0.2, 0.25) is 15.9 Å². The van der Waals surface area contributed by atoms with Crippen LogP contribution in [0.25, 0.3) is 0 Å². The summed E-state index contributed by atoms with van der Waals surface area (Å²) in [6.07, 6.45) is 0.870. The lowest BCUT2D eigenvalue weighted by Crippen LogP contribution is -2.36. The Hall–Kier alpha value is -1.40. The number of nitrogens with one attached hydrogen (secondary N) is 2. The van der Waals surface area contributed by atoms with Crippen molar-refractivity contribution in [2.24, 2.45) is 5.92 Å². The van der Waals surface area contributed by atoms with Crippen molar-refractivity contribution in [3.63, 3.8) is 0 Å². The van der Waals surface area contributed by atoms with Crippen LogP contribution in [0.1, 0.15) is 26.3 Å². The summed E-state index contributed by atoms with van der Waals surface area (Å²) >= 11 is 0. The Morgan fingerprint density at radius 2 is 1.75 bits per heavy atom. The molecule has 2 N–H and O–H groups in total. The predicted octanol–water partition coefficient (Wildman–Crippen LogP) is 1.30. The van der Waals surface area contributed by atoms with Crippen LogP contribution in [0.3, 0.4) is 0 Å². The Morgan fingerprint density at radius 1 is 1.15 bits per heavy atom. The van der Waals surface area contributed by atoms with Gasteiger partial charge in [0.1, 0.15) is 0 Å². The molecule has 0 fully saturated rings. The minimum absolute atomic E-state index is 0.0866. The van der Waals surface area contributed by atoms with E-state index in [9.17, 15) is 13.2 Å². The van der Waals surface area contributed by atoms with Crippen LogP contribution in [0.5, 0.6) is 0 Å². The maximum absolute atomic E-state index is 12.0. The average Bonchev–Trinajstić information content (AvgIpc) is 2.43. The van der Waals surface area contributed by atoms with Crippen LogP contribution in [0.15, 0.2) is 29.2 Å². The Morgan fingerprint density at radius 3 is 2.25 bits per heavy atom. The van der Waals surface area contributed by atoms with Crippen LogP contribution in [0.2, 0.25) is 0 Å². The average molecular weight is 298 g/mol. The second kappa shape index (κ2) is 7.40. The van der Waals surface area contributed by atoms with Gasteiger partial charge in [-0.25, -0.2) is 13.1 Å². The zero-order valence-electron chi connectivity index (χ0n) is 12.1. The van der Waals surface area contributed by atoms with Gasteiger partial charge in [-0.1, -0.05) is 32.9 Å². The first-order valence-electron chi connectivity index (χ1n) is 6.73. The van der Waals surface area contributed by atoms with Gasteiger partial charge in [-0.3, -0.25) is 4.79 Å². The van der Waals surface area contributed by atoms with Crippen molar-refractivity contribution in [2.45, 2.75) is 32.1 Å². The minimum Gasteiger partial charge on any atom is -0.355 e. The van der Waals surface area contributed by atoms with E-state index in [1.54, 1.807) is 38.1 Å². The van der Waals surface area contributed by atoms with Crippen LogP contribution in [0, 0.1) is 5.92 Å². The van der Waals surface area contributed by atoms with Gasteiger partial charge in [0.15, 0.2) is 0 Å². The van der Waals surface area contributed by atoms with Crippen LogP contribution < -0.4 is 10.0 Å². The van der Waals surface area contributed by atoms with Gasteiger partial charge in [0, 0.05) is 19.0 Å². The summed E-state index contributed by atoms with van der Waals surface area (Å²) in [6.45, 7) is 6.04. The van der Waals surface area contributed by atoms with E-state index in [0.29, 0.717) is 0 Å². The lowest BCUT2D eigenvalue weighted by Gasteiger charge is -2.09. The number of carbonyl (C=O) groups excluding carboxylic acids is 1. The Kier molecular flexibility index (Phi) is 6.16. The second-order valence-corrected chi connectivity index (χ2v) is 6.61. The highest BCUT2D eigenvalue weighted by molar-refractivity contribution is 7.89. The van der Waals surface area contributed by atoms with Gasteiger partial charge < -0.3 is 5.32 Å². The molecule has 0 bridgehead atoms. The minimum atomic E-state index is -3.50. The molecule has 0 spiro atoms. The van der Waals surface area contributed by atoms with Crippen LogP contribution in [-0.2, 0) is 21.2 Å². The smallest absolute Gasteiger partial charge is 0.240 e. The van der Waals surface area contributed by atoms with E-state index < -0.39 is 10.0 Å². The molecule has 1 aromatic carbocycles. The van der Waals surface area contributed by atoms with Gasteiger partial charge in [0.25, 0.3) is 0 Å². The van der Waals surface area contributed by atoms with E-state index >= 15 is 0 Å². The summed E-state index contributed by atoms with van der Waals surface area (Å²) in [5.74, 6) is -0.190. The molecule has 5 nitrogen and oxygen atoms in total. The molecule has 1 amide bonds. The van der Waals surface area contributed by atoms with Crippen LogP contribution in [0.4, 0.5) is 0 Å². The molecule has 0 atom stereocenters. The molecule has 0 unspecified atom stereocenters. The van der Waals surface area contributed by atoms with Crippen LogP contribution in [-0.4, -0.2) is 27.4 Å². The molecule has 6 heteroatoms. The number of carbonyl (C=O) groups is 1. The fourth-order valence-corrected chi connectivity index (χ4v) is 2.59. The molecule has 0 heterocycles. The van der Waals surface area contributed by atoms with Crippen molar-refractivity contribution in [3.8, 4) is 0 Å². The molecular weight excluding hydrogens is 276 g/mol. The molecule has 0 aromatic heterocycles. The van der Waals surface area contributed by atoms with Gasteiger partial charge in [-0.15, -0.1) is 0 Å². The zero-order chi connectivity index (χ0) is 15.2. The molecule has 0 radical (unpaired) electrons. The van der Waals surface area contributed by atoms with Crippen molar-refractivity contribution in [3.05, 3.63) is 29.8 Å². The molecule has 112 valence electrons. The molecular formula is C14H22N2O3S. The lowest BCUT2D eigenvalue weighted by atomic mass is 10.2. The number of sulfonamides is 1. The van der Waals surface area contributed by atoms with E-state index in [4.69, 9.17) is 0 Å². The number of aryl methyl sites for hydroxylation is 1. The Bertz CT molecular complexity index is 536. The van der Waals surface area contributed by atoms with E-state index in [2.05, 4.69) is 10.0 Å². The third-order valence-corrected chi connectivity index (χ3v) is 4.36. The summed E-state index contributed by atoms with van der Waals surface area (Å²) in [5, 5.41) is 2.66. The van der Waals surface area contributed by atoms with E-state index in [-0.39, 0.29) is 29.8 Å². The van der Waals surface area contributed by atoms with Crippen LogP contribution >= 0.6 is 0 Å². The fourth-order valence-electron chi connectivity index (χ4n) is 1.56. The number of benzene rings is 1.